The molecule has 0 spiro atoms. The third-order valence-corrected chi connectivity index (χ3v) is 6.26. The molecule has 1 N–H and O–H groups in total. The molecule has 1 saturated heterocycles. The van der Waals surface area contributed by atoms with Gasteiger partial charge in [0.15, 0.2) is 0 Å². The number of ether oxygens (including phenoxy) is 1. The molecule has 1 aromatic carbocycles. The van der Waals surface area contributed by atoms with Crippen LogP contribution in [0.1, 0.15) is 70.3 Å². The van der Waals surface area contributed by atoms with Crippen molar-refractivity contribution in [2.75, 3.05) is 13.1 Å². The molecular weight excluding hydrogens is 310 g/mol. The number of hydrogen-bond acceptors (Lipinski definition) is 3. The van der Waals surface area contributed by atoms with Crippen LogP contribution in [0.5, 0.6) is 0 Å². The number of carbonyl (C=O) groups excluding carboxylic acids is 1. The van der Waals surface area contributed by atoms with Gasteiger partial charge in [0.2, 0.25) is 0 Å². The fourth-order valence-electron chi connectivity index (χ4n) is 4.57. The van der Waals surface area contributed by atoms with Crippen molar-refractivity contribution in [3.8, 4) is 0 Å². The van der Waals surface area contributed by atoms with Gasteiger partial charge in [0.05, 0.1) is 5.41 Å². The third kappa shape index (κ3) is 4.44. The Labute approximate surface area is 152 Å². The molecule has 3 nitrogen and oxygen atoms in total. The number of benzene rings is 1. The Bertz CT molecular complexity index is 528. The predicted octanol–water partition coefficient (Wildman–Crippen LogP) is 4.60. The first-order valence-electron chi connectivity index (χ1n) is 10.2. The van der Waals surface area contributed by atoms with Crippen molar-refractivity contribution in [3.63, 3.8) is 0 Å². The zero-order chi connectivity index (χ0) is 17.5. The van der Waals surface area contributed by atoms with Gasteiger partial charge in [-0.05, 0) is 57.2 Å². The summed E-state index contributed by atoms with van der Waals surface area (Å²) in [6.45, 7) is 4.17. The summed E-state index contributed by atoms with van der Waals surface area (Å²) in [6.07, 6.45) is 10.1. The number of carbonyl (C=O) groups is 1. The van der Waals surface area contributed by atoms with Crippen LogP contribution in [0.3, 0.4) is 0 Å². The van der Waals surface area contributed by atoms with Crippen LogP contribution in [0.15, 0.2) is 30.3 Å². The first-order chi connectivity index (χ1) is 12.2. The van der Waals surface area contributed by atoms with E-state index in [0.717, 1.165) is 57.2 Å². The molecule has 2 aliphatic rings. The third-order valence-electron chi connectivity index (χ3n) is 6.26. The summed E-state index contributed by atoms with van der Waals surface area (Å²) in [5, 5.41) is 3.39. The molecule has 1 heterocycles. The van der Waals surface area contributed by atoms with Gasteiger partial charge in [-0.3, -0.25) is 4.79 Å². The van der Waals surface area contributed by atoms with E-state index < -0.39 is 5.41 Å². The highest BCUT2D eigenvalue weighted by Crippen LogP contribution is 2.39. The molecular formula is C22H33NO2. The minimum Gasteiger partial charge on any atom is -0.462 e. The van der Waals surface area contributed by atoms with Gasteiger partial charge in [0.1, 0.15) is 6.10 Å². The monoisotopic (exact) mass is 343 g/mol. The lowest BCUT2D eigenvalue weighted by Crippen LogP contribution is -2.42. The van der Waals surface area contributed by atoms with Crippen molar-refractivity contribution in [2.45, 2.75) is 76.2 Å². The predicted molar refractivity (Wildman–Crippen MR) is 102 cm³/mol. The standard InChI is InChI=1S/C22H33NO2/c1-18(19-12-16-23-17-13-19)25-21(24)22(20-10-6-5-7-11-20)14-8-3-2-4-9-15-22/h5-7,10-11,18-19,23H,2-4,8-9,12-17H2,1H3/t18-/m0/s1. The Kier molecular flexibility index (Phi) is 6.52. The zero-order valence-electron chi connectivity index (χ0n) is 15.6. The molecule has 0 radical (unpaired) electrons. The second-order valence-corrected chi connectivity index (χ2v) is 7.91. The summed E-state index contributed by atoms with van der Waals surface area (Å²) >= 11 is 0. The largest absolute Gasteiger partial charge is 0.462 e. The van der Waals surface area contributed by atoms with E-state index in [4.69, 9.17) is 4.74 Å². The number of rotatable bonds is 4. The van der Waals surface area contributed by atoms with E-state index in [1.165, 1.54) is 19.3 Å². The molecule has 1 atom stereocenters. The lowest BCUT2D eigenvalue weighted by molar-refractivity contribution is -0.159. The first kappa shape index (κ1) is 18.4. The van der Waals surface area contributed by atoms with Gasteiger partial charge in [-0.25, -0.2) is 0 Å². The summed E-state index contributed by atoms with van der Waals surface area (Å²) in [6, 6.07) is 10.4. The Morgan fingerprint density at radius 1 is 1.04 bits per heavy atom. The fourth-order valence-corrected chi connectivity index (χ4v) is 4.57. The number of hydrogen-bond donors (Lipinski definition) is 1. The number of esters is 1. The second-order valence-electron chi connectivity index (χ2n) is 7.91. The Morgan fingerprint density at radius 3 is 2.28 bits per heavy atom. The minimum absolute atomic E-state index is 0.0145. The van der Waals surface area contributed by atoms with E-state index in [2.05, 4.69) is 36.5 Å². The van der Waals surface area contributed by atoms with Crippen molar-refractivity contribution in [3.05, 3.63) is 35.9 Å². The van der Waals surface area contributed by atoms with E-state index in [1.807, 2.05) is 6.07 Å². The molecule has 3 rings (SSSR count). The van der Waals surface area contributed by atoms with Crippen LogP contribution >= 0.6 is 0 Å². The van der Waals surface area contributed by atoms with Gasteiger partial charge in [-0.15, -0.1) is 0 Å². The molecule has 138 valence electrons. The van der Waals surface area contributed by atoms with Gasteiger partial charge in [-0.2, -0.15) is 0 Å². The zero-order valence-corrected chi connectivity index (χ0v) is 15.6. The summed E-state index contributed by atoms with van der Waals surface area (Å²) in [5.74, 6) is 0.512. The van der Waals surface area contributed by atoms with Crippen molar-refractivity contribution in [1.82, 2.24) is 5.32 Å². The first-order valence-corrected chi connectivity index (χ1v) is 10.2. The van der Waals surface area contributed by atoms with E-state index in [1.54, 1.807) is 0 Å². The summed E-state index contributed by atoms with van der Waals surface area (Å²) < 4.78 is 6.12. The van der Waals surface area contributed by atoms with Crippen molar-refractivity contribution >= 4 is 5.97 Å². The molecule has 3 heteroatoms. The molecule has 0 amide bonds. The van der Waals surface area contributed by atoms with Gasteiger partial charge in [0.25, 0.3) is 0 Å². The maximum atomic E-state index is 13.4. The maximum absolute atomic E-state index is 13.4. The maximum Gasteiger partial charge on any atom is 0.316 e. The summed E-state index contributed by atoms with van der Waals surface area (Å²) in [5.41, 5.74) is 0.711. The quantitative estimate of drug-likeness (QED) is 0.812. The smallest absolute Gasteiger partial charge is 0.316 e. The van der Waals surface area contributed by atoms with Crippen molar-refractivity contribution in [2.24, 2.45) is 5.92 Å². The fraction of sp³-hybridized carbons (Fsp3) is 0.682. The Hall–Kier alpha value is -1.35. The van der Waals surface area contributed by atoms with Crippen LogP contribution in [-0.2, 0) is 14.9 Å². The highest BCUT2D eigenvalue weighted by molar-refractivity contribution is 5.83. The van der Waals surface area contributed by atoms with Crippen LogP contribution in [0.25, 0.3) is 0 Å². The van der Waals surface area contributed by atoms with Crippen molar-refractivity contribution in [1.29, 1.82) is 0 Å². The van der Waals surface area contributed by atoms with Crippen LogP contribution in [0, 0.1) is 5.92 Å². The lowest BCUT2D eigenvalue weighted by Gasteiger charge is -2.36. The molecule has 1 saturated carbocycles. The minimum atomic E-state index is -0.442. The van der Waals surface area contributed by atoms with Gasteiger partial charge < -0.3 is 10.1 Å². The molecule has 0 unspecified atom stereocenters. The van der Waals surface area contributed by atoms with Gasteiger partial charge in [0, 0.05) is 0 Å². The number of nitrogens with one attached hydrogen (secondary N) is 1. The van der Waals surface area contributed by atoms with Crippen LogP contribution in [0.2, 0.25) is 0 Å². The molecule has 25 heavy (non-hydrogen) atoms. The SMILES string of the molecule is C[C@H](OC(=O)C1(c2ccccc2)CCCCCCC1)C1CCNCC1. The van der Waals surface area contributed by atoms with E-state index in [-0.39, 0.29) is 12.1 Å². The van der Waals surface area contributed by atoms with Crippen molar-refractivity contribution < 1.29 is 9.53 Å². The average Bonchev–Trinajstić information content (AvgIpc) is 2.63. The van der Waals surface area contributed by atoms with E-state index in [9.17, 15) is 4.79 Å². The lowest BCUT2D eigenvalue weighted by atomic mass is 9.71. The molecule has 1 aliphatic heterocycles. The number of piperidine rings is 1. The topological polar surface area (TPSA) is 38.3 Å². The van der Waals surface area contributed by atoms with Crippen LogP contribution in [0.4, 0.5) is 0 Å². The Balaban J connectivity index is 1.79. The molecule has 0 bridgehead atoms. The highest BCUT2D eigenvalue weighted by atomic mass is 16.5. The molecule has 1 aliphatic carbocycles. The normalized spacial score (nSPS) is 23.2. The van der Waals surface area contributed by atoms with E-state index >= 15 is 0 Å². The Morgan fingerprint density at radius 2 is 1.64 bits per heavy atom. The summed E-state index contributed by atoms with van der Waals surface area (Å²) in [4.78, 5) is 13.4. The van der Waals surface area contributed by atoms with E-state index in [0.29, 0.717) is 5.92 Å². The van der Waals surface area contributed by atoms with Crippen LogP contribution < -0.4 is 5.32 Å². The second kappa shape index (κ2) is 8.84. The van der Waals surface area contributed by atoms with Gasteiger partial charge >= 0.3 is 5.97 Å². The summed E-state index contributed by atoms with van der Waals surface area (Å²) in [7, 11) is 0. The van der Waals surface area contributed by atoms with Crippen LogP contribution in [-0.4, -0.2) is 25.2 Å². The average molecular weight is 344 g/mol. The molecule has 2 fully saturated rings. The van der Waals surface area contributed by atoms with Gasteiger partial charge in [-0.1, -0.05) is 62.4 Å². The highest BCUT2D eigenvalue weighted by Gasteiger charge is 2.42. The molecule has 0 aromatic heterocycles. The molecule has 1 aromatic rings.